The molecule has 5 heteroatoms. The van der Waals surface area contributed by atoms with Crippen LogP contribution in [0.4, 0.5) is 4.79 Å². The van der Waals surface area contributed by atoms with Gasteiger partial charge in [-0.25, -0.2) is 0 Å². The molecule has 1 saturated heterocycles. The molecule has 4 nitrogen and oxygen atoms in total. The third-order valence-corrected chi connectivity index (χ3v) is 3.22. The second-order valence-corrected chi connectivity index (χ2v) is 4.64. The maximum atomic E-state index is 11.6. The van der Waals surface area contributed by atoms with Crippen LogP contribution in [-0.4, -0.2) is 23.1 Å². The van der Waals surface area contributed by atoms with Crippen molar-refractivity contribution in [2.24, 2.45) is 0 Å². The van der Waals surface area contributed by atoms with Gasteiger partial charge in [0.1, 0.15) is 5.76 Å². The average molecular weight is 249 g/mol. The fraction of sp³-hybridized carbons (Fsp3) is 0.167. The van der Waals surface area contributed by atoms with Crippen molar-refractivity contribution < 1.29 is 14.0 Å². The van der Waals surface area contributed by atoms with Gasteiger partial charge in [0, 0.05) is 7.05 Å². The number of carbonyl (C=O) groups excluding carboxylic acids is 2. The number of hydrogen-bond acceptors (Lipinski definition) is 4. The summed E-state index contributed by atoms with van der Waals surface area (Å²) >= 11 is 0.950. The molecule has 0 aliphatic carbocycles. The zero-order valence-corrected chi connectivity index (χ0v) is 10.3. The van der Waals surface area contributed by atoms with E-state index in [1.165, 1.54) is 7.05 Å². The van der Waals surface area contributed by atoms with E-state index in [1.807, 2.05) is 19.1 Å². The minimum Gasteiger partial charge on any atom is -0.465 e. The number of nitrogens with zero attached hydrogens (tertiary/aromatic N) is 1. The number of amides is 2. The Bertz CT molecular complexity index is 514. The van der Waals surface area contributed by atoms with Gasteiger partial charge in [-0.1, -0.05) is 0 Å². The van der Waals surface area contributed by atoms with Crippen molar-refractivity contribution in [3.05, 3.63) is 40.7 Å². The molecule has 88 valence electrons. The molecule has 2 amide bonds. The molecule has 1 fully saturated rings. The molecule has 1 aliphatic rings. The summed E-state index contributed by atoms with van der Waals surface area (Å²) in [5, 5.41) is -0.243. The molecular formula is C12H11NO3S. The second-order valence-electron chi connectivity index (χ2n) is 3.64. The van der Waals surface area contributed by atoms with E-state index in [1.54, 1.807) is 18.4 Å². The SMILES string of the molecule is CC(=Cc1ccco1)C=C1SC(=O)N(C)C1=O. The Morgan fingerprint density at radius 2 is 2.24 bits per heavy atom. The lowest BCUT2D eigenvalue weighted by atomic mass is 10.2. The average Bonchev–Trinajstić information content (AvgIpc) is 2.85. The maximum Gasteiger partial charge on any atom is 0.293 e. The van der Waals surface area contributed by atoms with Crippen molar-refractivity contribution in [3.8, 4) is 0 Å². The highest BCUT2D eigenvalue weighted by Crippen LogP contribution is 2.30. The summed E-state index contributed by atoms with van der Waals surface area (Å²) in [4.78, 5) is 24.5. The molecule has 1 aliphatic heterocycles. The first-order valence-electron chi connectivity index (χ1n) is 5.01. The van der Waals surface area contributed by atoms with Crippen molar-refractivity contribution in [1.82, 2.24) is 4.90 Å². The van der Waals surface area contributed by atoms with E-state index in [0.29, 0.717) is 4.91 Å². The quantitative estimate of drug-likeness (QED) is 0.756. The Morgan fingerprint density at radius 1 is 1.47 bits per heavy atom. The third-order valence-electron chi connectivity index (χ3n) is 2.26. The fourth-order valence-corrected chi connectivity index (χ4v) is 2.27. The van der Waals surface area contributed by atoms with Crippen molar-refractivity contribution in [2.45, 2.75) is 6.92 Å². The molecule has 0 N–H and O–H groups in total. The second kappa shape index (κ2) is 4.63. The standard InChI is InChI=1S/C12H11NO3S/c1-8(6-9-4-3-5-16-9)7-10-11(14)13(2)12(15)17-10/h3-7H,1-2H3. The lowest BCUT2D eigenvalue weighted by Crippen LogP contribution is -2.22. The van der Waals surface area contributed by atoms with Crippen LogP contribution >= 0.6 is 11.8 Å². The molecule has 1 aromatic rings. The molecule has 0 saturated carbocycles. The summed E-state index contributed by atoms with van der Waals surface area (Å²) in [6, 6.07) is 3.61. The van der Waals surface area contributed by atoms with E-state index in [0.717, 1.165) is 28.0 Å². The highest BCUT2D eigenvalue weighted by atomic mass is 32.2. The number of thioether (sulfide) groups is 1. The monoisotopic (exact) mass is 249 g/mol. The first-order valence-corrected chi connectivity index (χ1v) is 5.83. The van der Waals surface area contributed by atoms with E-state index < -0.39 is 0 Å². The van der Waals surface area contributed by atoms with Crippen LogP contribution in [-0.2, 0) is 4.79 Å². The highest BCUT2D eigenvalue weighted by molar-refractivity contribution is 8.18. The smallest absolute Gasteiger partial charge is 0.293 e. The van der Waals surface area contributed by atoms with Gasteiger partial charge < -0.3 is 4.42 Å². The first-order chi connectivity index (χ1) is 8.08. The van der Waals surface area contributed by atoms with Crippen molar-refractivity contribution >= 4 is 29.0 Å². The number of hydrogen-bond donors (Lipinski definition) is 0. The van der Waals surface area contributed by atoms with Crippen LogP contribution in [0, 0.1) is 0 Å². The van der Waals surface area contributed by atoms with Gasteiger partial charge in [-0.05, 0) is 48.5 Å². The predicted octanol–water partition coefficient (Wildman–Crippen LogP) is 2.89. The van der Waals surface area contributed by atoms with Gasteiger partial charge in [-0.2, -0.15) is 0 Å². The molecule has 1 aromatic heterocycles. The van der Waals surface area contributed by atoms with Gasteiger partial charge >= 0.3 is 0 Å². The molecule has 2 rings (SSSR count). The Hall–Kier alpha value is -1.75. The summed E-state index contributed by atoms with van der Waals surface area (Å²) in [5.74, 6) is 0.460. The molecule has 0 bridgehead atoms. The molecular weight excluding hydrogens is 238 g/mol. The number of imide groups is 1. The van der Waals surface area contributed by atoms with E-state index >= 15 is 0 Å². The Morgan fingerprint density at radius 3 is 2.76 bits per heavy atom. The van der Waals surface area contributed by atoms with Crippen LogP contribution in [0.1, 0.15) is 12.7 Å². The lowest BCUT2D eigenvalue weighted by molar-refractivity contribution is -0.121. The zero-order valence-electron chi connectivity index (χ0n) is 9.47. The van der Waals surface area contributed by atoms with Gasteiger partial charge in [0.2, 0.25) is 0 Å². The van der Waals surface area contributed by atoms with Crippen molar-refractivity contribution in [1.29, 1.82) is 0 Å². The van der Waals surface area contributed by atoms with Gasteiger partial charge in [-0.15, -0.1) is 0 Å². The topological polar surface area (TPSA) is 50.5 Å². The van der Waals surface area contributed by atoms with E-state index in [4.69, 9.17) is 4.42 Å². The summed E-state index contributed by atoms with van der Waals surface area (Å²) in [6.45, 7) is 1.85. The molecule has 0 aromatic carbocycles. The third kappa shape index (κ3) is 2.50. The predicted molar refractivity (Wildman–Crippen MR) is 66.2 cm³/mol. The summed E-state index contributed by atoms with van der Waals surface area (Å²) in [5.41, 5.74) is 0.860. The lowest BCUT2D eigenvalue weighted by Gasteiger charge is -2.00. The van der Waals surface area contributed by atoms with Gasteiger partial charge in [0.15, 0.2) is 0 Å². The Labute approximate surface area is 103 Å². The maximum absolute atomic E-state index is 11.6. The van der Waals surface area contributed by atoms with Crippen LogP contribution in [0.5, 0.6) is 0 Å². The van der Waals surface area contributed by atoms with Crippen LogP contribution in [0.15, 0.2) is 39.4 Å². The minimum atomic E-state index is -0.257. The minimum absolute atomic E-state index is 0.243. The van der Waals surface area contributed by atoms with Crippen LogP contribution in [0.2, 0.25) is 0 Å². The summed E-state index contributed by atoms with van der Waals surface area (Å²) in [6.07, 6.45) is 5.08. The van der Waals surface area contributed by atoms with Crippen LogP contribution < -0.4 is 0 Å². The van der Waals surface area contributed by atoms with Crippen molar-refractivity contribution in [2.75, 3.05) is 7.05 Å². The van der Waals surface area contributed by atoms with E-state index in [9.17, 15) is 9.59 Å². The van der Waals surface area contributed by atoms with Gasteiger partial charge in [0.25, 0.3) is 11.1 Å². The number of allylic oxidation sites excluding steroid dienone is 2. The van der Waals surface area contributed by atoms with Crippen LogP contribution in [0.25, 0.3) is 6.08 Å². The first kappa shape index (κ1) is 11.7. The van der Waals surface area contributed by atoms with Gasteiger partial charge in [-0.3, -0.25) is 14.5 Å². The molecule has 0 spiro atoms. The number of rotatable bonds is 2. The van der Waals surface area contributed by atoms with Crippen molar-refractivity contribution in [3.63, 3.8) is 0 Å². The zero-order chi connectivity index (χ0) is 12.4. The largest absolute Gasteiger partial charge is 0.465 e. The Balaban J connectivity index is 2.21. The number of carbonyl (C=O) groups is 2. The molecule has 17 heavy (non-hydrogen) atoms. The molecule has 0 radical (unpaired) electrons. The van der Waals surface area contributed by atoms with Crippen LogP contribution in [0.3, 0.4) is 0 Å². The fourth-order valence-electron chi connectivity index (χ4n) is 1.39. The number of likely N-dealkylation sites (N-methyl/N-ethyl adjacent to an activating group) is 1. The van der Waals surface area contributed by atoms with E-state index in [2.05, 4.69) is 0 Å². The number of furan rings is 1. The Kier molecular flexibility index (Phi) is 3.19. The van der Waals surface area contributed by atoms with Gasteiger partial charge in [0.05, 0.1) is 11.2 Å². The summed E-state index contributed by atoms with van der Waals surface area (Å²) in [7, 11) is 1.48. The molecule has 0 unspecified atom stereocenters. The highest BCUT2D eigenvalue weighted by Gasteiger charge is 2.31. The summed E-state index contributed by atoms with van der Waals surface area (Å²) < 4.78 is 5.16. The van der Waals surface area contributed by atoms with E-state index in [-0.39, 0.29) is 11.1 Å². The molecule has 0 atom stereocenters. The molecule has 2 heterocycles. The normalized spacial score (nSPS) is 19.5.